The lowest BCUT2D eigenvalue weighted by Crippen LogP contribution is -2.41. The first-order valence-electron chi connectivity index (χ1n) is 6.46. The predicted molar refractivity (Wildman–Crippen MR) is 74.0 cm³/mol. The number of carbonyl (C=O) groups is 1. The first-order chi connectivity index (χ1) is 9.56. The van der Waals surface area contributed by atoms with Crippen LogP contribution in [0.15, 0.2) is 30.3 Å². The number of carbonyl (C=O) groups excluding carboxylic acids is 1. The molecule has 2 rings (SSSR count). The highest BCUT2D eigenvalue weighted by molar-refractivity contribution is 5.91. The van der Waals surface area contributed by atoms with Crippen LogP contribution >= 0.6 is 0 Å². The summed E-state index contributed by atoms with van der Waals surface area (Å²) in [4.78, 5) is 23.6. The Labute approximate surface area is 116 Å². The van der Waals surface area contributed by atoms with Gasteiger partial charge in [-0.15, -0.1) is 0 Å². The van der Waals surface area contributed by atoms with Gasteiger partial charge in [0.25, 0.3) is 5.69 Å². The van der Waals surface area contributed by atoms with Crippen molar-refractivity contribution < 1.29 is 14.8 Å². The molecule has 0 aliphatic carbocycles. The molecular formula is C14H16N2O4. The highest BCUT2D eigenvalue weighted by atomic mass is 16.6. The zero-order valence-corrected chi connectivity index (χ0v) is 10.9. The number of piperidine rings is 1. The third-order valence-electron chi connectivity index (χ3n) is 3.23. The third kappa shape index (κ3) is 3.64. The van der Waals surface area contributed by atoms with Gasteiger partial charge in [-0.25, -0.2) is 0 Å². The number of hydrogen-bond acceptors (Lipinski definition) is 4. The van der Waals surface area contributed by atoms with E-state index >= 15 is 0 Å². The highest BCUT2D eigenvalue weighted by Gasteiger charge is 2.20. The molecule has 0 spiro atoms. The van der Waals surface area contributed by atoms with Crippen LogP contribution in [0.2, 0.25) is 0 Å². The number of hydrogen-bond donors (Lipinski definition) is 1. The van der Waals surface area contributed by atoms with E-state index in [0.29, 0.717) is 13.1 Å². The number of rotatable bonds is 3. The van der Waals surface area contributed by atoms with Crippen LogP contribution in [-0.2, 0) is 4.79 Å². The van der Waals surface area contributed by atoms with Gasteiger partial charge in [0.1, 0.15) is 0 Å². The molecule has 1 aromatic carbocycles. The molecule has 0 aromatic heterocycles. The molecule has 1 fully saturated rings. The van der Waals surface area contributed by atoms with Crippen molar-refractivity contribution in [2.45, 2.75) is 18.9 Å². The van der Waals surface area contributed by atoms with Gasteiger partial charge in [0.2, 0.25) is 5.91 Å². The van der Waals surface area contributed by atoms with E-state index in [1.54, 1.807) is 23.1 Å². The number of likely N-dealkylation sites (tertiary alicyclic amines) is 1. The summed E-state index contributed by atoms with van der Waals surface area (Å²) in [5.41, 5.74) is 0.745. The molecule has 1 aromatic rings. The molecule has 1 heterocycles. The fraction of sp³-hybridized carbons (Fsp3) is 0.357. The van der Waals surface area contributed by atoms with E-state index in [4.69, 9.17) is 0 Å². The third-order valence-corrected chi connectivity index (χ3v) is 3.23. The van der Waals surface area contributed by atoms with Crippen LogP contribution in [0.5, 0.6) is 0 Å². The molecule has 20 heavy (non-hydrogen) atoms. The molecule has 1 atom stereocenters. The van der Waals surface area contributed by atoms with E-state index in [2.05, 4.69) is 0 Å². The number of nitro groups is 1. The second kappa shape index (κ2) is 6.29. The predicted octanol–water partition coefficient (Wildman–Crippen LogP) is 1.59. The van der Waals surface area contributed by atoms with Crippen molar-refractivity contribution in [3.8, 4) is 0 Å². The summed E-state index contributed by atoms with van der Waals surface area (Å²) < 4.78 is 0. The molecule has 0 saturated carbocycles. The summed E-state index contributed by atoms with van der Waals surface area (Å²) in [5.74, 6) is -0.151. The Morgan fingerprint density at radius 2 is 2.10 bits per heavy atom. The molecular weight excluding hydrogens is 260 g/mol. The van der Waals surface area contributed by atoms with Gasteiger partial charge < -0.3 is 10.0 Å². The first-order valence-corrected chi connectivity index (χ1v) is 6.46. The Kier molecular flexibility index (Phi) is 4.47. The minimum absolute atomic E-state index is 0.0210. The summed E-state index contributed by atoms with van der Waals surface area (Å²) >= 11 is 0. The van der Waals surface area contributed by atoms with Gasteiger partial charge in [0, 0.05) is 31.3 Å². The Balaban J connectivity index is 1.97. The van der Waals surface area contributed by atoms with Gasteiger partial charge in [-0.05, 0) is 36.6 Å². The quantitative estimate of drug-likeness (QED) is 0.516. The van der Waals surface area contributed by atoms with Crippen molar-refractivity contribution in [2.24, 2.45) is 0 Å². The zero-order chi connectivity index (χ0) is 14.5. The summed E-state index contributed by atoms with van der Waals surface area (Å²) in [5, 5.41) is 20.0. The molecule has 1 N–H and O–H groups in total. The standard InChI is InChI=1S/C14H16N2O4/c17-13-2-1-9-15(10-13)14(18)8-5-11-3-6-12(7-4-11)16(19)20/h3-8,13,17H,1-2,9-10H2/b8-5+. The minimum Gasteiger partial charge on any atom is -0.391 e. The maximum absolute atomic E-state index is 11.9. The Morgan fingerprint density at radius 3 is 2.70 bits per heavy atom. The molecule has 1 amide bonds. The molecule has 6 heteroatoms. The topological polar surface area (TPSA) is 83.7 Å². The van der Waals surface area contributed by atoms with E-state index in [-0.39, 0.29) is 11.6 Å². The second-order valence-electron chi connectivity index (χ2n) is 4.76. The minimum atomic E-state index is -0.465. The van der Waals surface area contributed by atoms with Crippen LogP contribution in [0.3, 0.4) is 0 Å². The fourth-order valence-electron chi connectivity index (χ4n) is 2.13. The van der Waals surface area contributed by atoms with Crippen molar-refractivity contribution in [1.82, 2.24) is 4.90 Å². The van der Waals surface area contributed by atoms with Crippen LogP contribution in [0.4, 0.5) is 5.69 Å². The van der Waals surface area contributed by atoms with Crippen LogP contribution in [-0.4, -0.2) is 40.0 Å². The van der Waals surface area contributed by atoms with Gasteiger partial charge in [0.05, 0.1) is 11.0 Å². The molecule has 106 valence electrons. The van der Waals surface area contributed by atoms with Crippen molar-refractivity contribution in [3.05, 3.63) is 46.0 Å². The van der Waals surface area contributed by atoms with Gasteiger partial charge >= 0.3 is 0 Å². The van der Waals surface area contributed by atoms with Crippen LogP contribution in [0.1, 0.15) is 18.4 Å². The van der Waals surface area contributed by atoms with E-state index in [0.717, 1.165) is 18.4 Å². The number of nitro benzene ring substituents is 1. The van der Waals surface area contributed by atoms with Gasteiger partial charge in [0.15, 0.2) is 0 Å². The Hall–Kier alpha value is -2.21. The number of nitrogens with zero attached hydrogens (tertiary/aromatic N) is 2. The second-order valence-corrected chi connectivity index (χ2v) is 4.76. The maximum atomic E-state index is 11.9. The summed E-state index contributed by atoms with van der Waals surface area (Å²) in [7, 11) is 0. The zero-order valence-electron chi connectivity index (χ0n) is 10.9. The van der Waals surface area contributed by atoms with E-state index in [1.165, 1.54) is 18.2 Å². The number of benzene rings is 1. The number of amides is 1. The highest BCUT2D eigenvalue weighted by Crippen LogP contribution is 2.14. The van der Waals surface area contributed by atoms with Gasteiger partial charge in [-0.2, -0.15) is 0 Å². The lowest BCUT2D eigenvalue weighted by atomic mass is 10.1. The normalized spacial score (nSPS) is 19.2. The number of β-amino-alcohol motifs (C(OH)–C–C–N with tert-alkyl or cyclic N) is 1. The molecule has 1 aliphatic rings. The van der Waals surface area contributed by atoms with Crippen molar-refractivity contribution in [3.63, 3.8) is 0 Å². The smallest absolute Gasteiger partial charge is 0.269 e. The van der Waals surface area contributed by atoms with Crippen molar-refractivity contribution in [2.75, 3.05) is 13.1 Å². The molecule has 1 unspecified atom stereocenters. The van der Waals surface area contributed by atoms with E-state index in [1.807, 2.05) is 0 Å². The van der Waals surface area contributed by atoms with Gasteiger partial charge in [-0.3, -0.25) is 14.9 Å². The van der Waals surface area contributed by atoms with E-state index < -0.39 is 11.0 Å². The van der Waals surface area contributed by atoms with Gasteiger partial charge in [-0.1, -0.05) is 0 Å². The molecule has 1 saturated heterocycles. The molecule has 0 radical (unpaired) electrons. The molecule has 0 bridgehead atoms. The fourth-order valence-corrected chi connectivity index (χ4v) is 2.13. The lowest BCUT2D eigenvalue weighted by Gasteiger charge is -2.29. The maximum Gasteiger partial charge on any atom is 0.269 e. The van der Waals surface area contributed by atoms with Crippen molar-refractivity contribution in [1.29, 1.82) is 0 Å². The van der Waals surface area contributed by atoms with E-state index in [9.17, 15) is 20.0 Å². The average molecular weight is 276 g/mol. The lowest BCUT2D eigenvalue weighted by molar-refractivity contribution is -0.384. The number of aliphatic hydroxyl groups is 1. The number of non-ortho nitro benzene ring substituents is 1. The van der Waals surface area contributed by atoms with Crippen LogP contribution in [0.25, 0.3) is 6.08 Å². The van der Waals surface area contributed by atoms with Crippen LogP contribution < -0.4 is 0 Å². The number of aliphatic hydroxyl groups excluding tert-OH is 1. The monoisotopic (exact) mass is 276 g/mol. The first kappa shape index (κ1) is 14.2. The molecule has 6 nitrogen and oxygen atoms in total. The van der Waals surface area contributed by atoms with Crippen LogP contribution in [0, 0.1) is 10.1 Å². The largest absolute Gasteiger partial charge is 0.391 e. The SMILES string of the molecule is O=C(/C=C/c1ccc([N+](=O)[O-])cc1)N1CCCC(O)C1. The Bertz CT molecular complexity index is 524. The van der Waals surface area contributed by atoms with Crippen molar-refractivity contribution >= 4 is 17.7 Å². The summed E-state index contributed by atoms with van der Waals surface area (Å²) in [6.07, 6.45) is 4.14. The Morgan fingerprint density at radius 1 is 1.40 bits per heavy atom. The summed E-state index contributed by atoms with van der Waals surface area (Å²) in [6, 6.07) is 5.98. The average Bonchev–Trinajstić information content (AvgIpc) is 2.45. The summed E-state index contributed by atoms with van der Waals surface area (Å²) in [6.45, 7) is 1.02. The molecule has 1 aliphatic heterocycles.